The van der Waals surface area contributed by atoms with Crippen LogP contribution in [-0.4, -0.2) is 21.9 Å². The molecule has 1 N–H and O–H groups in total. The molecule has 1 heterocycles. The minimum atomic E-state index is -4.66. The van der Waals surface area contributed by atoms with E-state index in [1.807, 2.05) is 24.3 Å². The number of hydrazone groups is 1. The molecule has 0 saturated heterocycles. The number of hydrogen-bond donors (Lipinski definition) is 1. The number of nitrogens with one attached hydrogen (secondary N) is 1. The fraction of sp³-hybridized carbons (Fsp3) is 0.0800. The lowest BCUT2D eigenvalue weighted by molar-refractivity contribution is -0.137. The maximum absolute atomic E-state index is 13.1. The van der Waals surface area contributed by atoms with Gasteiger partial charge >= 0.3 is 6.18 Å². The van der Waals surface area contributed by atoms with E-state index in [9.17, 15) is 28.0 Å². The van der Waals surface area contributed by atoms with Gasteiger partial charge in [-0.15, -0.1) is 0 Å². The smallest absolute Gasteiger partial charge is 0.266 e. The largest absolute Gasteiger partial charge is 0.416 e. The van der Waals surface area contributed by atoms with Crippen LogP contribution in [0, 0.1) is 30.4 Å². The van der Waals surface area contributed by atoms with Gasteiger partial charge in [0.15, 0.2) is 5.69 Å². The average molecular weight is 473 g/mol. The van der Waals surface area contributed by atoms with E-state index in [1.54, 1.807) is 12.1 Å². The van der Waals surface area contributed by atoms with Crippen LogP contribution in [0.25, 0.3) is 16.5 Å². The molecule has 172 valence electrons. The Morgan fingerprint density at radius 2 is 2.00 bits per heavy atom. The normalized spacial score (nSPS) is 11.3. The van der Waals surface area contributed by atoms with Crippen molar-refractivity contribution in [3.05, 3.63) is 105 Å². The molecule has 0 aliphatic heterocycles. The van der Waals surface area contributed by atoms with Crippen LogP contribution in [0.2, 0.25) is 0 Å². The lowest BCUT2D eigenvalue weighted by atomic mass is 10.1. The minimum Gasteiger partial charge on any atom is -0.266 e. The highest BCUT2D eigenvalue weighted by Crippen LogP contribution is 2.30. The molecule has 0 fully saturated rings. The first-order valence-corrected chi connectivity index (χ1v) is 10.1. The van der Waals surface area contributed by atoms with Gasteiger partial charge in [-0.25, -0.2) is 5.43 Å². The SMILES string of the molecule is Cc1c(C(=O)N/N=C/c2cc#cc3ccccc23)nn(-c2cccc(C(F)(F)F)c2)c(=O)c1C#N. The number of rotatable bonds is 4. The summed E-state index contributed by atoms with van der Waals surface area (Å²) in [5.41, 5.74) is -0.0769. The molecule has 7 nitrogen and oxygen atoms in total. The molecule has 0 aliphatic rings. The number of halogens is 3. The Morgan fingerprint density at radius 3 is 2.74 bits per heavy atom. The van der Waals surface area contributed by atoms with Crippen molar-refractivity contribution in [2.75, 3.05) is 0 Å². The lowest BCUT2D eigenvalue weighted by Gasteiger charge is -2.12. The topological polar surface area (TPSA) is 100 Å². The second kappa shape index (κ2) is 9.12. The van der Waals surface area contributed by atoms with Crippen LogP contribution in [0.3, 0.4) is 0 Å². The standard InChI is InChI=1S/C25H14F3N5O2/c1-15-21(13-29)24(35)33(19-10-5-9-18(12-19)25(26,27)28)32-22(15)23(34)31-30-14-17-8-4-7-16-6-2-3-11-20(16)17/h2-3,5-6,8-12,14H,1H3,(H,31,34)/b30-14+. The molecule has 0 atom stereocenters. The molecule has 0 spiro atoms. The molecule has 4 aromatic rings. The number of alkyl halides is 3. The van der Waals surface area contributed by atoms with Crippen LogP contribution in [0.5, 0.6) is 0 Å². The third-order valence-corrected chi connectivity index (χ3v) is 5.12. The molecule has 10 heteroatoms. The number of amides is 1. The minimum absolute atomic E-state index is 0.0264. The number of aromatic nitrogens is 2. The van der Waals surface area contributed by atoms with Crippen molar-refractivity contribution in [3.8, 4) is 11.8 Å². The van der Waals surface area contributed by atoms with E-state index in [2.05, 4.69) is 27.8 Å². The second-order valence-electron chi connectivity index (χ2n) is 7.34. The van der Waals surface area contributed by atoms with E-state index in [4.69, 9.17) is 0 Å². The molecule has 35 heavy (non-hydrogen) atoms. The average Bonchev–Trinajstić information content (AvgIpc) is 2.84. The predicted octanol–water partition coefficient (Wildman–Crippen LogP) is 3.95. The predicted molar refractivity (Wildman–Crippen MR) is 121 cm³/mol. The van der Waals surface area contributed by atoms with Crippen LogP contribution in [-0.2, 0) is 6.18 Å². The molecule has 4 rings (SSSR count). The first-order valence-electron chi connectivity index (χ1n) is 10.1. The molecule has 0 radical (unpaired) electrons. The number of fused-ring (bicyclic) bond motifs is 1. The van der Waals surface area contributed by atoms with E-state index < -0.39 is 28.8 Å². The molecule has 0 aliphatic carbocycles. The number of nitrogens with zero attached hydrogens (tertiary/aromatic N) is 4. The van der Waals surface area contributed by atoms with E-state index in [1.165, 1.54) is 19.2 Å². The zero-order chi connectivity index (χ0) is 25.2. The molecular formula is C25H14F3N5O2. The zero-order valence-corrected chi connectivity index (χ0v) is 18.0. The van der Waals surface area contributed by atoms with Gasteiger partial charge in [-0.05, 0) is 42.6 Å². The number of nitriles is 1. The van der Waals surface area contributed by atoms with Crippen molar-refractivity contribution in [1.82, 2.24) is 15.2 Å². The summed E-state index contributed by atoms with van der Waals surface area (Å²) in [4.78, 5) is 25.5. The lowest BCUT2D eigenvalue weighted by Crippen LogP contribution is -2.31. The monoisotopic (exact) mass is 473 g/mol. The van der Waals surface area contributed by atoms with Gasteiger partial charge < -0.3 is 0 Å². The Kier molecular flexibility index (Phi) is 6.05. The number of carbonyl (C=O) groups excluding carboxylic acids is 1. The van der Waals surface area contributed by atoms with Gasteiger partial charge in [0.25, 0.3) is 11.5 Å². The van der Waals surface area contributed by atoms with E-state index in [-0.39, 0.29) is 16.9 Å². The van der Waals surface area contributed by atoms with Crippen LogP contribution in [0.15, 0.2) is 64.5 Å². The van der Waals surface area contributed by atoms with Gasteiger partial charge in [0.05, 0.1) is 17.5 Å². The first-order chi connectivity index (χ1) is 16.7. The third-order valence-electron chi connectivity index (χ3n) is 5.12. The van der Waals surface area contributed by atoms with Gasteiger partial charge in [0.1, 0.15) is 11.6 Å². The van der Waals surface area contributed by atoms with E-state index in [0.29, 0.717) is 16.3 Å². The van der Waals surface area contributed by atoms with Gasteiger partial charge in [-0.3, -0.25) is 9.59 Å². The Bertz CT molecular complexity index is 1580. The van der Waals surface area contributed by atoms with Gasteiger partial charge in [-0.2, -0.15) is 33.3 Å². The zero-order valence-electron chi connectivity index (χ0n) is 18.0. The number of benzene rings is 2. The van der Waals surface area contributed by atoms with Crippen LogP contribution in [0.4, 0.5) is 13.2 Å². The summed E-state index contributed by atoms with van der Waals surface area (Å²) in [6.07, 6.45) is -3.28. The Morgan fingerprint density at radius 1 is 1.23 bits per heavy atom. The van der Waals surface area contributed by atoms with Crippen molar-refractivity contribution < 1.29 is 18.0 Å². The van der Waals surface area contributed by atoms with Crippen molar-refractivity contribution >= 4 is 22.9 Å². The van der Waals surface area contributed by atoms with Crippen LogP contribution < -0.4 is 11.0 Å². The van der Waals surface area contributed by atoms with Gasteiger partial charge in [0.2, 0.25) is 0 Å². The summed E-state index contributed by atoms with van der Waals surface area (Å²) in [5, 5.41) is 18.9. The first kappa shape index (κ1) is 23.2. The highest BCUT2D eigenvalue weighted by molar-refractivity contribution is 6.00. The summed E-state index contributed by atoms with van der Waals surface area (Å²) >= 11 is 0. The molecule has 1 amide bonds. The van der Waals surface area contributed by atoms with Gasteiger partial charge in [-0.1, -0.05) is 36.4 Å². The summed E-state index contributed by atoms with van der Waals surface area (Å²) in [6.45, 7) is 1.34. The maximum atomic E-state index is 13.1. The maximum Gasteiger partial charge on any atom is 0.416 e. The Balaban J connectivity index is 1.71. The fourth-order valence-corrected chi connectivity index (χ4v) is 3.37. The molecule has 0 unspecified atom stereocenters. The highest BCUT2D eigenvalue weighted by atomic mass is 19.4. The molecule has 0 saturated carbocycles. The highest BCUT2D eigenvalue weighted by Gasteiger charge is 2.31. The second-order valence-corrected chi connectivity index (χ2v) is 7.34. The van der Waals surface area contributed by atoms with Crippen LogP contribution in [0.1, 0.15) is 32.7 Å². The number of carbonyl (C=O) groups is 1. The molecule has 0 bridgehead atoms. The fourth-order valence-electron chi connectivity index (χ4n) is 3.37. The number of hydrogen-bond acceptors (Lipinski definition) is 5. The van der Waals surface area contributed by atoms with Crippen molar-refractivity contribution in [3.63, 3.8) is 0 Å². The summed E-state index contributed by atoms with van der Waals surface area (Å²) in [6, 6.07) is 20.3. The van der Waals surface area contributed by atoms with Crippen molar-refractivity contribution in [1.29, 1.82) is 5.26 Å². The molecule has 3 aromatic carbocycles. The van der Waals surface area contributed by atoms with Gasteiger partial charge in [0, 0.05) is 16.5 Å². The summed E-state index contributed by atoms with van der Waals surface area (Å²) < 4.78 is 40.0. The van der Waals surface area contributed by atoms with Crippen molar-refractivity contribution in [2.45, 2.75) is 13.1 Å². The van der Waals surface area contributed by atoms with E-state index in [0.717, 1.165) is 22.9 Å². The quantitative estimate of drug-likeness (QED) is 0.358. The van der Waals surface area contributed by atoms with Crippen LogP contribution >= 0.6 is 0 Å². The third kappa shape index (κ3) is 4.59. The summed E-state index contributed by atoms with van der Waals surface area (Å²) in [5.74, 6) is -0.855. The Hall–Kier alpha value is -4.96. The molecule has 1 aromatic heterocycles. The van der Waals surface area contributed by atoms with Crippen molar-refractivity contribution in [2.24, 2.45) is 5.10 Å². The molecular weight excluding hydrogens is 459 g/mol. The van der Waals surface area contributed by atoms with E-state index >= 15 is 0 Å². The summed E-state index contributed by atoms with van der Waals surface area (Å²) in [7, 11) is 0. The Labute approximate surface area is 196 Å².